The number of ether oxygens (including phenoxy) is 1. The Balaban J connectivity index is 1.50. The van der Waals surface area contributed by atoms with Crippen LogP contribution in [0.25, 0.3) is 0 Å². The third-order valence-corrected chi connectivity index (χ3v) is 5.94. The van der Waals surface area contributed by atoms with Gasteiger partial charge in [-0.3, -0.25) is 0 Å². The molecule has 0 spiro atoms. The lowest BCUT2D eigenvalue weighted by atomic mass is 9.79. The van der Waals surface area contributed by atoms with Crippen molar-refractivity contribution in [2.75, 3.05) is 13.6 Å². The van der Waals surface area contributed by atoms with E-state index in [1.165, 1.54) is 42.4 Å². The monoisotopic (exact) mass is 365 g/mol. The molecule has 1 aliphatic carbocycles. The van der Waals surface area contributed by atoms with Crippen molar-refractivity contribution in [3.8, 4) is 5.75 Å². The lowest BCUT2D eigenvalue weighted by Gasteiger charge is -2.35. The van der Waals surface area contributed by atoms with Crippen LogP contribution in [0, 0.1) is 25.7 Å². The molecule has 0 N–H and O–H groups in total. The third-order valence-electron chi connectivity index (χ3n) is 5.94. The van der Waals surface area contributed by atoms with Gasteiger partial charge in [0.05, 0.1) is 6.10 Å². The van der Waals surface area contributed by atoms with Crippen LogP contribution >= 0.6 is 0 Å². The maximum absolute atomic E-state index is 6.31. The highest BCUT2D eigenvalue weighted by atomic mass is 16.5. The van der Waals surface area contributed by atoms with Crippen molar-refractivity contribution in [3.05, 3.63) is 65.2 Å². The van der Waals surface area contributed by atoms with Gasteiger partial charge in [0.25, 0.3) is 0 Å². The van der Waals surface area contributed by atoms with Gasteiger partial charge in [0.1, 0.15) is 5.75 Å². The minimum absolute atomic E-state index is 0.371. The average molecular weight is 366 g/mol. The lowest BCUT2D eigenvalue weighted by molar-refractivity contribution is 0.0913. The van der Waals surface area contributed by atoms with Gasteiger partial charge in [-0.05, 0) is 81.7 Å². The van der Waals surface area contributed by atoms with Gasteiger partial charge in [0.2, 0.25) is 0 Å². The van der Waals surface area contributed by atoms with E-state index in [0.717, 1.165) is 24.8 Å². The normalized spacial score (nSPS) is 21.2. The first-order chi connectivity index (χ1) is 13.0. The zero-order valence-electron chi connectivity index (χ0n) is 17.4. The Bertz CT molecular complexity index is 709. The highest BCUT2D eigenvalue weighted by molar-refractivity contribution is 5.27. The minimum Gasteiger partial charge on any atom is -0.490 e. The quantitative estimate of drug-likeness (QED) is 0.596. The molecule has 3 unspecified atom stereocenters. The number of rotatable bonds is 7. The Labute approximate surface area is 165 Å². The van der Waals surface area contributed by atoms with E-state index in [4.69, 9.17) is 4.74 Å². The highest BCUT2D eigenvalue weighted by Crippen LogP contribution is 2.33. The summed E-state index contributed by atoms with van der Waals surface area (Å²) in [7, 11) is 2.25. The zero-order chi connectivity index (χ0) is 19.2. The molecule has 2 aromatic rings. The van der Waals surface area contributed by atoms with Crippen LogP contribution in [-0.2, 0) is 6.54 Å². The fourth-order valence-electron chi connectivity index (χ4n) is 4.40. The molecule has 0 aromatic heterocycles. The van der Waals surface area contributed by atoms with E-state index in [-0.39, 0.29) is 0 Å². The van der Waals surface area contributed by atoms with Crippen LogP contribution in [0.3, 0.4) is 0 Å². The van der Waals surface area contributed by atoms with E-state index in [9.17, 15) is 0 Å². The summed E-state index contributed by atoms with van der Waals surface area (Å²) in [6, 6.07) is 17.4. The molecule has 1 saturated carbocycles. The van der Waals surface area contributed by atoms with E-state index in [2.05, 4.69) is 81.2 Å². The summed E-state index contributed by atoms with van der Waals surface area (Å²) < 4.78 is 6.31. The molecular weight excluding hydrogens is 330 g/mol. The van der Waals surface area contributed by atoms with Crippen LogP contribution in [0.1, 0.15) is 49.3 Å². The van der Waals surface area contributed by atoms with Gasteiger partial charge in [0.15, 0.2) is 0 Å². The number of hydrogen-bond acceptors (Lipinski definition) is 2. The van der Waals surface area contributed by atoms with Crippen LogP contribution in [-0.4, -0.2) is 24.6 Å². The summed E-state index contributed by atoms with van der Waals surface area (Å²) in [5.41, 5.74) is 4.00. The molecule has 146 valence electrons. The summed E-state index contributed by atoms with van der Waals surface area (Å²) in [5.74, 6) is 2.49. The van der Waals surface area contributed by atoms with Crippen molar-refractivity contribution >= 4 is 0 Å². The fourth-order valence-corrected chi connectivity index (χ4v) is 4.40. The molecule has 1 aliphatic rings. The molecule has 0 saturated heterocycles. The molecule has 1 fully saturated rings. The zero-order valence-corrected chi connectivity index (χ0v) is 17.4. The Morgan fingerprint density at radius 2 is 1.81 bits per heavy atom. The molecule has 2 nitrogen and oxygen atoms in total. The second-order valence-electron chi connectivity index (χ2n) is 8.64. The first kappa shape index (κ1) is 19.9. The molecule has 3 rings (SSSR count). The van der Waals surface area contributed by atoms with Gasteiger partial charge >= 0.3 is 0 Å². The fraction of sp³-hybridized carbons (Fsp3) is 0.520. The molecule has 27 heavy (non-hydrogen) atoms. The third kappa shape index (κ3) is 6.10. The van der Waals surface area contributed by atoms with Gasteiger partial charge in [-0.1, -0.05) is 48.9 Å². The van der Waals surface area contributed by atoms with Crippen molar-refractivity contribution in [2.45, 2.75) is 59.1 Å². The molecular formula is C25H35NO. The molecule has 0 radical (unpaired) electrons. The maximum Gasteiger partial charge on any atom is 0.119 e. The number of benzene rings is 2. The van der Waals surface area contributed by atoms with Crippen molar-refractivity contribution in [2.24, 2.45) is 11.8 Å². The predicted molar refractivity (Wildman–Crippen MR) is 114 cm³/mol. The van der Waals surface area contributed by atoms with Crippen LogP contribution in [0.4, 0.5) is 0 Å². The van der Waals surface area contributed by atoms with Crippen molar-refractivity contribution in [1.82, 2.24) is 4.90 Å². The van der Waals surface area contributed by atoms with Gasteiger partial charge in [0, 0.05) is 13.1 Å². The average Bonchev–Trinajstić information content (AvgIpc) is 2.64. The van der Waals surface area contributed by atoms with Crippen LogP contribution in [0.2, 0.25) is 0 Å². The second kappa shape index (κ2) is 9.41. The van der Waals surface area contributed by atoms with Gasteiger partial charge in [-0.25, -0.2) is 0 Å². The minimum atomic E-state index is 0.371. The molecule has 0 heterocycles. The Morgan fingerprint density at radius 1 is 1.04 bits per heavy atom. The Hall–Kier alpha value is -1.80. The summed E-state index contributed by atoms with van der Waals surface area (Å²) in [6.07, 6.45) is 5.37. The summed E-state index contributed by atoms with van der Waals surface area (Å²) >= 11 is 0. The van der Waals surface area contributed by atoms with E-state index in [1.54, 1.807) is 0 Å². The Morgan fingerprint density at radius 3 is 2.56 bits per heavy atom. The van der Waals surface area contributed by atoms with E-state index in [1.807, 2.05) is 0 Å². The topological polar surface area (TPSA) is 12.5 Å². The van der Waals surface area contributed by atoms with Crippen molar-refractivity contribution < 1.29 is 4.74 Å². The standard InChI is InChI=1S/C25H35NO/c1-19-11-13-22(14-12-19)18-26(4)17-21(3)23-8-6-10-25(16-23)27-24-9-5-7-20(2)15-24/h5,7,9,11-15,21,23,25H,6,8,10,16-18H2,1-4H3. The largest absolute Gasteiger partial charge is 0.490 e. The molecule has 2 heteroatoms. The molecule has 0 amide bonds. The maximum atomic E-state index is 6.31. The van der Waals surface area contributed by atoms with E-state index in [0.29, 0.717) is 12.0 Å². The van der Waals surface area contributed by atoms with Crippen molar-refractivity contribution in [3.63, 3.8) is 0 Å². The van der Waals surface area contributed by atoms with Crippen LogP contribution in [0.15, 0.2) is 48.5 Å². The molecule has 0 aliphatic heterocycles. The van der Waals surface area contributed by atoms with Crippen LogP contribution in [0.5, 0.6) is 5.75 Å². The molecule has 0 bridgehead atoms. The van der Waals surface area contributed by atoms with E-state index >= 15 is 0 Å². The summed E-state index contributed by atoms with van der Waals surface area (Å²) in [4.78, 5) is 2.47. The summed E-state index contributed by atoms with van der Waals surface area (Å²) in [6.45, 7) is 8.87. The molecule has 2 aromatic carbocycles. The number of aryl methyl sites for hydroxylation is 2. The van der Waals surface area contributed by atoms with Gasteiger partial charge < -0.3 is 9.64 Å². The lowest BCUT2D eigenvalue weighted by Crippen LogP contribution is -2.33. The highest BCUT2D eigenvalue weighted by Gasteiger charge is 2.27. The predicted octanol–water partition coefficient (Wildman–Crippen LogP) is 6.01. The van der Waals surface area contributed by atoms with Crippen LogP contribution < -0.4 is 4.74 Å². The Kier molecular flexibility index (Phi) is 6.95. The van der Waals surface area contributed by atoms with E-state index < -0.39 is 0 Å². The number of hydrogen-bond donors (Lipinski definition) is 0. The second-order valence-corrected chi connectivity index (χ2v) is 8.64. The van der Waals surface area contributed by atoms with Gasteiger partial charge in [-0.15, -0.1) is 0 Å². The van der Waals surface area contributed by atoms with Crippen molar-refractivity contribution in [1.29, 1.82) is 0 Å². The number of nitrogens with zero attached hydrogens (tertiary/aromatic N) is 1. The molecule has 3 atom stereocenters. The smallest absolute Gasteiger partial charge is 0.119 e. The first-order valence-corrected chi connectivity index (χ1v) is 10.5. The summed E-state index contributed by atoms with van der Waals surface area (Å²) in [5, 5.41) is 0. The SMILES string of the molecule is Cc1ccc(CN(C)CC(C)C2CCCC(Oc3cccc(C)c3)C2)cc1. The van der Waals surface area contributed by atoms with Gasteiger partial charge in [-0.2, -0.15) is 0 Å². The first-order valence-electron chi connectivity index (χ1n) is 10.5.